The number of carbonyl (C=O) groups excluding carboxylic acids is 1. The fourth-order valence-corrected chi connectivity index (χ4v) is 1.72. The number of nitrogens with zero attached hydrogens (tertiary/aromatic N) is 1. The topological polar surface area (TPSA) is 51.2 Å². The molecule has 1 heterocycles. The molecule has 1 rings (SSSR count). The third-order valence-electron chi connectivity index (χ3n) is 2.59. The van der Waals surface area contributed by atoms with Crippen molar-refractivity contribution in [2.24, 2.45) is 5.92 Å². The van der Waals surface area contributed by atoms with Gasteiger partial charge < -0.3 is 10.1 Å². The Labute approximate surface area is 119 Å². The molecule has 118 valence electrons. The summed E-state index contributed by atoms with van der Waals surface area (Å²) in [5.41, 5.74) is -1.07. The molecule has 8 heteroatoms. The second-order valence-corrected chi connectivity index (χ2v) is 4.77. The van der Waals surface area contributed by atoms with E-state index in [2.05, 4.69) is 10.3 Å². The fraction of sp³-hybridized carbons (Fsp3) is 0.538. The zero-order chi connectivity index (χ0) is 16.2. The zero-order valence-corrected chi connectivity index (χ0v) is 11.8. The molecule has 4 nitrogen and oxygen atoms in total. The van der Waals surface area contributed by atoms with Crippen molar-refractivity contribution >= 4 is 11.7 Å². The Hall–Kier alpha value is -1.86. The number of anilines is 1. The predicted octanol–water partition coefficient (Wildman–Crippen LogP) is 3.03. The lowest BCUT2D eigenvalue weighted by atomic mass is 10.0. The summed E-state index contributed by atoms with van der Waals surface area (Å²) in [7, 11) is 0. The lowest BCUT2D eigenvalue weighted by molar-refractivity contribution is -0.144. The maximum Gasteiger partial charge on any atom is 0.328 e. The molecule has 1 aromatic heterocycles. The van der Waals surface area contributed by atoms with Crippen LogP contribution in [0.5, 0.6) is 0 Å². The van der Waals surface area contributed by atoms with Crippen molar-refractivity contribution < 1.29 is 27.1 Å². The summed E-state index contributed by atoms with van der Waals surface area (Å²) in [6, 6.07) is -1.13. The predicted molar refractivity (Wildman–Crippen MR) is 67.6 cm³/mol. The van der Waals surface area contributed by atoms with E-state index in [1.54, 1.807) is 20.8 Å². The first-order chi connectivity index (χ1) is 9.77. The minimum Gasteiger partial charge on any atom is -0.464 e. The normalized spacial score (nSPS) is 12.4. The van der Waals surface area contributed by atoms with Crippen LogP contribution in [0.15, 0.2) is 0 Å². The third-order valence-corrected chi connectivity index (χ3v) is 2.59. The largest absolute Gasteiger partial charge is 0.464 e. The molecule has 0 aromatic carbocycles. The number of nitrogens with one attached hydrogen (secondary N) is 1. The summed E-state index contributed by atoms with van der Waals surface area (Å²) in [6.45, 7) is 5.18. The molecule has 0 fully saturated rings. The number of hydrogen-bond acceptors (Lipinski definition) is 4. The van der Waals surface area contributed by atoms with Gasteiger partial charge >= 0.3 is 5.97 Å². The summed E-state index contributed by atoms with van der Waals surface area (Å²) in [4.78, 5) is 14.2. The SMILES string of the molecule is CCOC(=O)C(CC(C)C)Nc1c(F)c(F)nc(F)c1F. The minimum absolute atomic E-state index is 0.0189. The number of rotatable bonds is 6. The zero-order valence-electron chi connectivity index (χ0n) is 11.8. The van der Waals surface area contributed by atoms with Gasteiger partial charge in [0.25, 0.3) is 11.9 Å². The summed E-state index contributed by atoms with van der Waals surface area (Å²) >= 11 is 0. The van der Waals surface area contributed by atoms with E-state index in [4.69, 9.17) is 4.74 Å². The maximum absolute atomic E-state index is 13.5. The van der Waals surface area contributed by atoms with E-state index in [1.807, 2.05) is 0 Å². The molecule has 0 saturated heterocycles. The highest BCUT2D eigenvalue weighted by atomic mass is 19.2. The molecule has 0 amide bonds. The molecule has 0 radical (unpaired) electrons. The van der Waals surface area contributed by atoms with Crippen molar-refractivity contribution in [2.45, 2.75) is 33.2 Å². The molecular formula is C13H16F4N2O2. The van der Waals surface area contributed by atoms with Crippen molar-refractivity contribution in [1.82, 2.24) is 4.98 Å². The first-order valence-electron chi connectivity index (χ1n) is 6.41. The van der Waals surface area contributed by atoms with E-state index in [0.717, 1.165) is 0 Å². The van der Waals surface area contributed by atoms with Gasteiger partial charge in [0, 0.05) is 0 Å². The van der Waals surface area contributed by atoms with Crippen LogP contribution in [0.3, 0.4) is 0 Å². The van der Waals surface area contributed by atoms with Gasteiger partial charge in [0.1, 0.15) is 11.7 Å². The Morgan fingerprint density at radius 2 is 1.71 bits per heavy atom. The van der Waals surface area contributed by atoms with Crippen molar-refractivity contribution in [3.05, 3.63) is 23.5 Å². The van der Waals surface area contributed by atoms with Gasteiger partial charge in [-0.2, -0.15) is 22.5 Å². The quantitative estimate of drug-likeness (QED) is 0.498. The smallest absolute Gasteiger partial charge is 0.328 e. The molecule has 0 spiro atoms. The van der Waals surface area contributed by atoms with Gasteiger partial charge in [-0.05, 0) is 19.3 Å². The second-order valence-electron chi connectivity index (χ2n) is 4.77. The van der Waals surface area contributed by atoms with Gasteiger partial charge in [-0.15, -0.1) is 0 Å². The number of halogens is 4. The summed E-state index contributed by atoms with van der Waals surface area (Å²) < 4.78 is 57.9. The summed E-state index contributed by atoms with van der Waals surface area (Å²) in [5.74, 6) is -7.73. The molecule has 0 saturated carbocycles. The molecular weight excluding hydrogens is 292 g/mol. The van der Waals surface area contributed by atoms with Gasteiger partial charge in [-0.3, -0.25) is 0 Å². The number of aromatic nitrogens is 1. The molecule has 1 atom stereocenters. The van der Waals surface area contributed by atoms with Crippen molar-refractivity contribution in [1.29, 1.82) is 0 Å². The Balaban J connectivity index is 3.11. The van der Waals surface area contributed by atoms with Gasteiger partial charge in [-0.1, -0.05) is 13.8 Å². The van der Waals surface area contributed by atoms with Crippen molar-refractivity contribution in [3.8, 4) is 0 Å². The molecule has 0 aliphatic rings. The Bertz CT molecular complexity index is 497. The molecule has 0 aliphatic carbocycles. The van der Waals surface area contributed by atoms with Gasteiger partial charge in [0.2, 0.25) is 11.6 Å². The van der Waals surface area contributed by atoms with E-state index < -0.39 is 41.2 Å². The van der Waals surface area contributed by atoms with Crippen molar-refractivity contribution in [3.63, 3.8) is 0 Å². The van der Waals surface area contributed by atoms with E-state index in [9.17, 15) is 22.4 Å². The molecule has 0 aliphatic heterocycles. The van der Waals surface area contributed by atoms with Crippen LogP contribution < -0.4 is 5.32 Å². The van der Waals surface area contributed by atoms with Crippen LogP contribution in [0.2, 0.25) is 0 Å². The van der Waals surface area contributed by atoms with E-state index in [0.29, 0.717) is 0 Å². The van der Waals surface area contributed by atoms with Gasteiger partial charge in [-0.25, -0.2) is 4.79 Å². The van der Waals surface area contributed by atoms with Crippen LogP contribution in [0.1, 0.15) is 27.2 Å². The monoisotopic (exact) mass is 308 g/mol. The lowest BCUT2D eigenvalue weighted by Crippen LogP contribution is -2.34. The summed E-state index contributed by atoms with van der Waals surface area (Å²) in [5, 5.41) is 2.17. The average Bonchev–Trinajstić information content (AvgIpc) is 2.40. The number of carbonyl (C=O) groups is 1. The standard InChI is InChI=1S/C13H16F4N2O2/c1-4-21-13(20)7(5-6(2)3)18-10-8(14)11(16)19-12(17)9(10)15/h6-7H,4-5H2,1-3H3,(H,18,19). The number of pyridine rings is 1. The van der Waals surface area contributed by atoms with E-state index >= 15 is 0 Å². The molecule has 1 N–H and O–H groups in total. The maximum atomic E-state index is 13.5. The van der Waals surface area contributed by atoms with E-state index in [-0.39, 0.29) is 18.9 Å². The second kappa shape index (κ2) is 7.24. The summed E-state index contributed by atoms with van der Waals surface area (Å²) in [6.07, 6.45) is 0.170. The van der Waals surface area contributed by atoms with Crippen LogP contribution in [0.4, 0.5) is 23.2 Å². The third kappa shape index (κ3) is 4.30. The van der Waals surface area contributed by atoms with Crippen LogP contribution in [0.25, 0.3) is 0 Å². The highest BCUT2D eigenvalue weighted by molar-refractivity contribution is 5.79. The van der Waals surface area contributed by atoms with Crippen LogP contribution in [-0.4, -0.2) is 23.6 Å². The first kappa shape index (κ1) is 17.2. The molecule has 1 unspecified atom stereocenters. The Morgan fingerprint density at radius 1 is 1.19 bits per heavy atom. The lowest BCUT2D eigenvalue weighted by Gasteiger charge is -2.20. The molecule has 1 aromatic rings. The average molecular weight is 308 g/mol. The van der Waals surface area contributed by atoms with Crippen molar-refractivity contribution in [2.75, 3.05) is 11.9 Å². The number of ether oxygens (including phenoxy) is 1. The molecule has 21 heavy (non-hydrogen) atoms. The van der Waals surface area contributed by atoms with Gasteiger partial charge in [0.05, 0.1) is 6.61 Å². The minimum atomic E-state index is -1.79. The first-order valence-corrected chi connectivity index (χ1v) is 6.41. The molecule has 0 bridgehead atoms. The number of hydrogen-bond donors (Lipinski definition) is 1. The van der Waals surface area contributed by atoms with E-state index in [1.165, 1.54) is 0 Å². The Kier molecular flexibility index (Phi) is 5.92. The van der Waals surface area contributed by atoms with Gasteiger partial charge in [0.15, 0.2) is 0 Å². The highest BCUT2D eigenvalue weighted by Crippen LogP contribution is 2.24. The van der Waals surface area contributed by atoms with Crippen LogP contribution in [0, 0.1) is 29.4 Å². The number of esters is 1. The van der Waals surface area contributed by atoms with Crippen LogP contribution >= 0.6 is 0 Å². The Morgan fingerprint density at radius 3 is 2.14 bits per heavy atom. The highest BCUT2D eigenvalue weighted by Gasteiger charge is 2.27. The van der Waals surface area contributed by atoms with Crippen LogP contribution in [-0.2, 0) is 9.53 Å². The fourth-order valence-electron chi connectivity index (χ4n) is 1.72.